The highest BCUT2D eigenvalue weighted by atomic mass is 35.5. The lowest BCUT2D eigenvalue weighted by Crippen LogP contribution is -2.44. The van der Waals surface area contributed by atoms with Gasteiger partial charge >= 0.3 is 13.7 Å². The Balaban J connectivity index is 1.39. The van der Waals surface area contributed by atoms with Crippen molar-refractivity contribution in [3.8, 4) is 5.69 Å². The second-order valence-electron chi connectivity index (χ2n) is 9.57. The second-order valence-corrected chi connectivity index (χ2v) is 12.4. The van der Waals surface area contributed by atoms with Crippen LogP contribution in [0.25, 0.3) is 11.8 Å². The van der Waals surface area contributed by atoms with Gasteiger partial charge in [0.2, 0.25) is 11.8 Å². The molecule has 0 radical (unpaired) electrons. The van der Waals surface area contributed by atoms with Crippen molar-refractivity contribution in [1.29, 1.82) is 0 Å². The minimum Gasteiger partial charge on any atom is -0.449 e. The fraction of sp³-hybridized carbons (Fsp3) is 0.200. The Labute approximate surface area is 269 Å². The van der Waals surface area contributed by atoms with Gasteiger partial charge in [-0.15, -0.1) is 5.10 Å². The smallest absolute Gasteiger partial charge is 0.411 e. The summed E-state index contributed by atoms with van der Waals surface area (Å²) in [4.78, 5) is 38.5. The number of aromatic nitrogens is 4. The van der Waals surface area contributed by atoms with Crippen LogP contribution in [0.1, 0.15) is 11.1 Å². The van der Waals surface area contributed by atoms with E-state index in [1.54, 1.807) is 48.5 Å². The van der Waals surface area contributed by atoms with E-state index < -0.39 is 31.5 Å². The monoisotopic (exact) mass is 667 g/mol. The summed E-state index contributed by atoms with van der Waals surface area (Å²) in [5.74, 6) is -0.965. The van der Waals surface area contributed by atoms with Gasteiger partial charge in [-0.1, -0.05) is 41.9 Å². The van der Waals surface area contributed by atoms with Gasteiger partial charge in [-0.05, 0) is 64.5 Å². The Morgan fingerprint density at radius 1 is 0.978 bits per heavy atom. The van der Waals surface area contributed by atoms with E-state index >= 15 is 0 Å². The predicted molar refractivity (Wildman–Crippen MR) is 172 cm³/mol. The lowest BCUT2D eigenvalue weighted by molar-refractivity contribution is -0.123. The number of rotatable bonds is 14. The summed E-state index contributed by atoms with van der Waals surface area (Å²) >= 11 is 6.17. The average molecular weight is 668 g/mol. The summed E-state index contributed by atoms with van der Waals surface area (Å²) in [7, 11) is -0.804. The largest absolute Gasteiger partial charge is 0.449 e. The fourth-order valence-corrected chi connectivity index (χ4v) is 5.12. The first-order valence-electron chi connectivity index (χ1n) is 13.8. The highest BCUT2D eigenvalue weighted by Gasteiger charge is 2.22. The lowest BCUT2D eigenvalue weighted by Gasteiger charge is -2.18. The molecule has 4 rings (SSSR count). The first-order chi connectivity index (χ1) is 22.2. The molecule has 0 aliphatic rings. The second kappa shape index (κ2) is 16.4. The van der Waals surface area contributed by atoms with E-state index in [1.807, 2.05) is 30.3 Å². The summed E-state index contributed by atoms with van der Waals surface area (Å²) in [5.41, 5.74) is 2.85. The molecule has 3 N–H and O–H groups in total. The number of hydrogen-bond donors (Lipinski definition) is 3. The molecule has 16 heteroatoms. The number of hydrogen-bond acceptors (Lipinski definition) is 10. The zero-order valence-electron chi connectivity index (χ0n) is 24.8. The van der Waals surface area contributed by atoms with Gasteiger partial charge in [0.05, 0.1) is 11.8 Å². The number of halogens is 1. The number of carbonyl (C=O) groups excluding carboxylic acids is 3. The Kier molecular flexibility index (Phi) is 12.1. The topological polar surface area (TPSA) is 176 Å². The van der Waals surface area contributed by atoms with Crippen LogP contribution in [0.3, 0.4) is 0 Å². The van der Waals surface area contributed by atoms with Crippen molar-refractivity contribution >= 4 is 54.6 Å². The van der Waals surface area contributed by atoms with E-state index in [-0.39, 0.29) is 19.2 Å². The van der Waals surface area contributed by atoms with Crippen LogP contribution >= 0.6 is 19.2 Å². The van der Waals surface area contributed by atoms with Crippen molar-refractivity contribution in [2.24, 2.45) is 0 Å². The molecule has 14 nitrogen and oxygen atoms in total. The molecule has 4 aromatic rings. The van der Waals surface area contributed by atoms with E-state index in [1.165, 1.54) is 31.3 Å². The molecule has 0 saturated heterocycles. The van der Waals surface area contributed by atoms with Crippen molar-refractivity contribution < 1.29 is 32.7 Å². The third kappa shape index (κ3) is 10.1. The summed E-state index contributed by atoms with van der Waals surface area (Å²) in [5, 5.41) is 19.7. The van der Waals surface area contributed by atoms with Gasteiger partial charge in [-0.2, -0.15) is 4.68 Å². The molecule has 0 bridgehead atoms. The molecule has 1 aromatic heterocycles. The highest BCUT2D eigenvalue weighted by Crippen LogP contribution is 2.45. The minimum atomic E-state index is -3.30. The number of benzene rings is 3. The van der Waals surface area contributed by atoms with Crippen LogP contribution in [0.15, 0.2) is 85.2 Å². The molecular weight excluding hydrogens is 637 g/mol. The van der Waals surface area contributed by atoms with Crippen LogP contribution < -0.4 is 16.0 Å². The number of tetrazole rings is 1. The Bertz CT molecular complexity index is 1700. The van der Waals surface area contributed by atoms with Crippen LogP contribution in [-0.4, -0.2) is 71.1 Å². The molecule has 46 heavy (non-hydrogen) atoms. The number of carbonyl (C=O) groups is 3. The molecule has 0 saturated carbocycles. The highest BCUT2D eigenvalue weighted by molar-refractivity contribution is 7.53. The van der Waals surface area contributed by atoms with Crippen LogP contribution in [0.4, 0.5) is 16.2 Å². The Morgan fingerprint density at radius 2 is 1.67 bits per heavy atom. The maximum Gasteiger partial charge on any atom is 0.411 e. The number of amides is 3. The standard InChI is InChI=1S/C30H31ClN7O7P/c1-43-46(42,44-2)17-16-45-30(41)34-25-12-10-24(11-13-25)33-29(40)26(18-21-6-4-3-5-7-21)35-28(39)15-8-22-19-23(31)9-14-27(22)38-20-32-36-37-38/h3-15,19-20,26H,16-18H2,1-2H3,(H,33,40)(H,34,41)(H,35,39)/b15-8+/t26-/m0/s1. The molecule has 3 amide bonds. The molecule has 0 unspecified atom stereocenters. The molecule has 0 spiro atoms. The van der Waals surface area contributed by atoms with Gasteiger partial charge in [0.25, 0.3) is 0 Å². The van der Waals surface area contributed by atoms with Crippen molar-refractivity contribution in [2.75, 3.05) is 37.6 Å². The Hall–Kier alpha value is -4.88. The van der Waals surface area contributed by atoms with Gasteiger partial charge in [0, 0.05) is 48.7 Å². The third-order valence-corrected chi connectivity index (χ3v) is 8.55. The zero-order valence-corrected chi connectivity index (χ0v) is 26.5. The van der Waals surface area contributed by atoms with Gasteiger partial charge < -0.3 is 24.4 Å². The van der Waals surface area contributed by atoms with E-state index in [2.05, 4.69) is 31.5 Å². The van der Waals surface area contributed by atoms with Crippen molar-refractivity contribution in [2.45, 2.75) is 12.5 Å². The molecule has 240 valence electrons. The van der Waals surface area contributed by atoms with Crippen LogP contribution in [0.2, 0.25) is 5.02 Å². The van der Waals surface area contributed by atoms with E-state index in [9.17, 15) is 18.9 Å². The first-order valence-corrected chi connectivity index (χ1v) is 15.9. The summed E-state index contributed by atoms with van der Waals surface area (Å²) < 4.78 is 28.1. The minimum absolute atomic E-state index is 0.1000. The quantitative estimate of drug-likeness (QED) is 0.126. The molecule has 0 aliphatic heterocycles. The van der Waals surface area contributed by atoms with Crippen molar-refractivity contribution in [1.82, 2.24) is 25.5 Å². The van der Waals surface area contributed by atoms with Crippen molar-refractivity contribution in [3.05, 3.63) is 101 Å². The van der Waals surface area contributed by atoms with Gasteiger partial charge in [-0.3, -0.25) is 19.5 Å². The molecule has 0 aliphatic carbocycles. The average Bonchev–Trinajstić information content (AvgIpc) is 3.60. The third-order valence-electron chi connectivity index (χ3n) is 6.47. The number of nitrogens with zero attached hydrogens (tertiary/aromatic N) is 4. The van der Waals surface area contributed by atoms with Crippen LogP contribution in [0, 0.1) is 0 Å². The summed E-state index contributed by atoms with van der Waals surface area (Å²) in [6.45, 7) is -0.178. The molecule has 1 heterocycles. The first kappa shape index (κ1) is 34.0. The van der Waals surface area contributed by atoms with Crippen LogP contribution in [0.5, 0.6) is 0 Å². The number of anilines is 2. The molecule has 1 atom stereocenters. The van der Waals surface area contributed by atoms with E-state index in [4.69, 9.17) is 25.4 Å². The fourth-order valence-electron chi connectivity index (χ4n) is 4.11. The van der Waals surface area contributed by atoms with E-state index in [0.717, 1.165) is 5.56 Å². The SMILES string of the molecule is COP(=O)(CCOC(=O)Nc1ccc(NC(=O)[C@H](Cc2ccccc2)NC(=O)/C=C/c2cc(Cl)ccc2-n2cnnn2)cc1)OC. The molecule has 0 fully saturated rings. The van der Waals surface area contributed by atoms with Crippen molar-refractivity contribution in [3.63, 3.8) is 0 Å². The van der Waals surface area contributed by atoms with Crippen LogP contribution in [-0.2, 0) is 34.4 Å². The number of ether oxygens (including phenoxy) is 1. The maximum absolute atomic E-state index is 13.4. The van der Waals surface area contributed by atoms with E-state index in [0.29, 0.717) is 27.6 Å². The Morgan fingerprint density at radius 3 is 2.33 bits per heavy atom. The number of nitrogens with one attached hydrogen (secondary N) is 3. The summed E-state index contributed by atoms with van der Waals surface area (Å²) in [6.07, 6.45) is 3.63. The molecular formula is C30H31ClN7O7P. The summed E-state index contributed by atoms with van der Waals surface area (Å²) in [6, 6.07) is 19.7. The van der Waals surface area contributed by atoms with Gasteiger partial charge in [0.15, 0.2) is 0 Å². The normalized spacial score (nSPS) is 12.0. The lowest BCUT2D eigenvalue weighted by atomic mass is 10.0. The van der Waals surface area contributed by atoms with Gasteiger partial charge in [0.1, 0.15) is 19.0 Å². The maximum atomic E-state index is 13.4. The predicted octanol–water partition coefficient (Wildman–Crippen LogP) is 4.73. The van der Waals surface area contributed by atoms with Gasteiger partial charge in [-0.25, -0.2) is 4.79 Å². The zero-order chi connectivity index (χ0) is 32.9. The molecule has 3 aromatic carbocycles.